The number of carbonyl (C=O) groups excluding carboxylic acids is 2. The summed E-state index contributed by atoms with van der Waals surface area (Å²) >= 11 is 6.12. The van der Waals surface area contributed by atoms with Crippen molar-refractivity contribution < 1.29 is 27.5 Å². The maximum Gasteiger partial charge on any atom is 0.261 e. The lowest BCUT2D eigenvalue weighted by atomic mass is 10.0. The van der Waals surface area contributed by atoms with Gasteiger partial charge < -0.3 is 19.7 Å². The van der Waals surface area contributed by atoms with Crippen LogP contribution in [0.3, 0.4) is 0 Å². The molecule has 1 fully saturated rings. The zero-order chi connectivity index (χ0) is 32.4. The predicted molar refractivity (Wildman–Crippen MR) is 176 cm³/mol. The van der Waals surface area contributed by atoms with Gasteiger partial charge in [0.15, 0.2) is 6.61 Å². The molecule has 1 aliphatic heterocycles. The number of sulfonamides is 1. The summed E-state index contributed by atoms with van der Waals surface area (Å²) in [5.41, 5.74) is 2.63. The maximum atomic E-state index is 13.9. The molecule has 240 valence electrons. The molecule has 9 nitrogen and oxygen atoms in total. The van der Waals surface area contributed by atoms with E-state index in [1.807, 2.05) is 72.8 Å². The summed E-state index contributed by atoms with van der Waals surface area (Å²) in [6, 6.07) is 31.3. The first kappa shape index (κ1) is 33.2. The molecule has 0 aromatic heterocycles. The van der Waals surface area contributed by atoms with Crippen molar-refractivity contribution in [2.45, 2.75) is 30.4 Å². The van der Waals surface area contributed by atoms with E-state index in [1.165, 1.54) is 33.5 Å². The molecule has 0 bridgehead atoms. The first-order valence-electron chi connectivity index (χ1n) is 15.0. The highest BCUT2D eigenvalue weighted by molar-refractivity contribution is 7.89. The van der Waals surface area contributed by atoms with Gasteiger partial charge in [0.05, 0.1) is 18.1 Å². The van der Waals surface area contributed by atoms with Crippen LogP contribution in [0.1, 0.15) is 16.7 Å². The van der Waals surface area contributed by atoms with E-state index in [-0.39, 0.29) is 30.4 Å². The van der Waals surface area contributed by atoms with Crippen LogP contribution < -0.4 is 10.1 Å². The summed E-state index contributed by atoms with van der Waals surface area (Å²) in [5, 5.41) is 3.57. The highest BCUT2D eigenvalue weighted by atomic mass is 35.5. The van der Waals surface area contributed by atoms with Gasteiger partial charge in [-0.1, -0.05) is 84.4 Å². The van der Waals surface area contributed by atoms with Crippen LogP contribution in [0.25, 0.3) is 0 Å². The van der Waals surface area contributed by atoms with Gasteiger partial charge in [-0.25, -0.2) is 8.42 Å². The Balaban J connectivity index is 1.35. The molecular weight excluding hydrogens is 626 g/mol. The van der Waals surface area contributed by atoms with Crippen LogP contribution in [0.4, 0.5) is 0 Å². The number of rotatable bonds is 13. The number of halogens is 1. The summed E-state index contributed by atoms with van der Waals surface area (Å²) in [6.07, 6.45) is 0.287. The minimum atomic E-state index is -3.67. The van der Waals surface area contributed by atoms with Crippen molar-refractivity contribution in [2.75, 3.05) is 32.9 Å². The first-order chi connectivity index (χ1) is 22.3. The van der Waals surface area contributed by atoms with Gasteiger partial charge in [0.25, 0.3) is 5.91 Å². The van der Waals surface area contributed by atoms with Gasteiger partial charge >= 0.3 is 0 Å². The first-order valence-corrected chi connectivity index (χ1v) is 16.8. The molecule has 1 heterocycles. The Morgan fingerprint density at radius 2 is 1.43 bits per heavy atom. The highest BCUT2D eigenvalue weighted by Crippen LogP contribution is 2.22. The summed E-state index contributed by atoms with van der Waals surface area (Å²) < 4.78 is 38.5. The number of nitrogens with zero attached hydrogens (tertiary/aromatic N) is 2. The number of amides is 2. The molecule has 1 unspecified atom stereocenters. The standard InChI is InChI=1S/C35H36ClN3O6S/c36-30-13-11-29(12-14-30)25-39(33(23-27-7-3-1-4-8-27)35(41)37-24-28-9-5-2-6-10-28)34(40)26-45-31-15-17-32(18-16-31)46(42,43)38-19-21-44-22-20-38/h1-18,33H,19-26H2,(H,37,41). The van der Waals surface area contributed by atoms with E-state index < -0.39 is 22.0 Å². The largest absolute Gasteiger partial charge is 0.484 e. The molecule has 11 heteroatoms. The van der Waals surface area contributed by atoms with E-state index in [4.69, 9.17) is 21.1 Å². The Kier molecular flexibility index (Phi) is 11.4. The smallest absolute Gasteiger partial charge is 0.261 e. The second kappa shape index (κ2) is 15.9. The van der Waals surface area contributed by atoms with E-state index in [1.54, 1.807) is 12.1 Å². The van der Waals surface area contributed by atoms with Crippen LogP contribution in [0.2, 0.25) is 5.02 Å². The van der Waals surface area contributed by atoms with Gasteiger partial charge in [0.1, 0.15) is 11.8 Å². The minimum absolute atomic E-state index is 0.135. The molecule has 2 amide bonds. The normalized spacial score (nSPS) is 14.3. The third-order valence-corrected chi connectivity index (χ3v) is 9.81. The lowest BCUT2D eigenvalue weighted by Gasteiger charge is -2.31. The van der Waals surface area contributed by atoms with Gasteiger partial charge in [0.2, 0.25) is 15.9 Å². The molecule has 46 heavy (non-hydrogen) atoms. The molecule has 1 saturated heterocycles. The molecule has 0 saturated carbocycles. The van der Waals surface area contributed by atoms with Crippen molar-refractivity contribution in [3.63, 3.8) is 0 Å². The number of hydrogen-bond acceptors (Lipinski definition) is 6. The van der Waals surface area contributed by atoms with Crippen LogP contribution in [-0.4, -0.2) is 68.4 Å². The van der Waals surface area contributed by atoms with E-state index in [0.29, 0.717) is 43.6 Å². The van der Waals surface area contributed by atoms with Crippen molar-refractivity contribution in [1.82, 2.24) is 14.5 Å². The Bertz CT molecular complexity index is 1680. The SMILES string of the molecule is O=C(NCc1ccccc1)C(Cc1ccccc1)N(Cc1ccc(Cl)cc1)C(=O)COc1ccc(S(=O)(=O)N2CCOCC2)cc1. The van der Waals surface area contributed by atoms with Crippen molar-refractivity contribution in [3.05, 3.63) is 131 Å². The van der Waals surface area contributed by atoms with Crippen LogP contribution in [0, 0.1) is 0 Å². The van der Waals surface area contributed by atoms with Crippen LogP contribution in [0.15, 0.2) is 114 Å². The number of morpholine rings is 1. The average molecular weight is 662 g/mol. The van der Waals surface area contributed by atoms with Gasteiger partial charge in [-0.3, -0.25) is 9.59 Å². The molecule has 1 aliphatic rings. The summed E-state index contributed by atoms with van der Waals surface area (Å²) in [4.78, 5) is 29.4. The van der Waals surface area contributed by atoms with Crippen molar-refractivity contribution in [1.29, 1.82) is 0 Å². The van der Waals surface area contributed by atoms with E-state index in [2.05, 4.69) is 5.32 Å². The number of hydrogen-bond donors (Lipinski definition) is 1. The van der Waals surface area contributed by atoms with Crippen molar-refractivity contribution >= 4 is 33.4 Å². The van der Waals surface area contributed by atoms with E-state index in [9.17, 15) is 18.0 Å². The maximum absolute atomic E-state index is 13.9. The molecule has 4 aromatic rings. The van der Waals surface area contributed by atoms with Crippen LogP contribution in [0.5, 0.6) is 5.75 Å². The third kappa shape index (κ3) is 8.95. The zero-order valence-corrected chi connectivity index (χ0v) is 26.8. The van der Waals surface area contributed by atoms with E-state index >= 15 is 0 Å². The van der Waals surface area contributed by atoms with Gasteiger partial charge in [-0.15, -0.1) is 0 Å². The second-order valence-electron chi connectivity index (χ2n) is 10.8. The monoisotopic (exact) mass is 661 g/mol. The third-order valence-electron chi connectivity index (χ3n) is 7.64. The fourth-order valence-electron chi connectivity index (χ4n) is 5.12. The summed E-state index contributed by atoms with van der Waals surface area (Å²) in [5.74, 6) is -0.377. The molecule has 0 aliphatic carbocycles. The van der Waals surface area contributed by atoms with Crippen molar-refractivity contribution in [3.8, 4) is 5.75 Å². The molecule has 1 N–H and O–H groups in total. The Hall–Kier alpha value is -4.22. The molecule has 5 rings (SSSR count). The highest BCUT2D eigenvalue weighted by Gasteiger charge is 2.31. The average Bonchev–Trinajstić information content (AvgIpc) is 3.10. The number of nitrogens with one attached hydrogen (secondary N) is 1. The zero-order valence-electron chi connectivity index (χ0n) is 25.3. The Labute approximate surface area is 274 Å². The fraction of sp³-hybridized carbons (Fsp3) is 0.257. The lowest BCUT2D eigenvalue weighted by Crippen LogP contribution is -2.51. The number of benzene rings is 4. The summed E-state index contributed by atoms with van der Waals surface area (Å²) in [6.45, 7) is 1.38. The van der Waals surface area contributed by atoms with Gasteiger partial charge in [-0.2, -0.15) is 4.31 Å². The summed E-state index contributed by atoms with van der Waals surface area (Å²) in [7, 11) is -3.67. The molecule has 0 spiro atoms. The lowest BCUT2D eigenvalue weighted by molar-refractivity contribution is -0.142. The fourth-order valence-corrected chi connectivity index (χ4v) is 6.65. The van der Waals surface area contributed by atoms with Gasteiger partial charge in [0, 0.05) is 37.6 Å². The quantitative estimate of drug-likeness (QED) is 0.223. The van der Waals surface area contributed by atoms with Crippen LogP contribution >= 0.6 is 11.6 Å². The molecule has 1 atom stereocenters. The predicted octanol–water partition coefficient (Wildman–Crippen LogP) is 4.70. The second-order valence-corrected chi connectivity index (χ2v) is 13.2. The Morgan fingerprint density at radius 3 is 2.07 bits per heavy atom. The topological polar surface area (TPSA) is 105 Å². The number of carbonyl (C=O) groups is 2. The number of ether oxygens (including phenoxy) is 2. The van der Waals surface area contributed by atoms with E-state index in [0.717, 1.165) is 16.7 Å². The molecular formula is C35H36ClN3O6S. The Morgan fingerprint density at radius 1 is 0.826 bits per heavy atom. The molecule has 0 radical (unpaired) electrons. The van der Waals surface area contributed by atoms with Crippen molar-refractivity contribution in [2.24, 2.45) is 0 Å². The van der Waals surface area contributed by atoms with Crippen LogP contribution in [-0.2, 0) is 43.9 Å². The molecule has 4 aromatic carbocycles. The van der Waals surface area contributed by atoms with Gasteiger partial charge in [-0.05, 0) is 53.1 Å². The minimum Gasteiger partial charge on any atom is -0.484 e.